The lowest BCUT2D eigenvalue weighted by atomic mass is 10.1. The molecule has 0 fully saturated rings. The molecule has 1 aromatic carbocycles. The quantitative estimate of drug-likeness (QED) is 0.457. The molecule has 106 valence electrons. The molecule has 0 amide bonds. The monoisotopic (exact) mass is 301 g/mol. The predicted molar refractivity (Wildman–Crippen MR) is 81.5 cm³/mol. The summed E-state index contributed by atoms with van der Waals surface area (Å²) in [5, 5.41) is 6.25. The third kappa shape index (κ3) is 2.85. The van der Waals surface area contributed by atoms with Crippen LogP contribution in [0, 0.1) is 5.82 Å². The summed E-state index contributed by atoms with van der Waals surface area (Å²) < 4.78 is 13.7. The van der Waals surface area contributed by atoms with Crippen molar-refractivity contribution in [3.05, 3.63) is 64.2 Å². The molecule has 0 radical (unpaired) electrons. The second-order valence-electron chi connectivity index (χ2n) is 4.33. The van der Waals surface area contributed by atoms with Gasteiger partial charge in [-0.15, -0.1) is 11.3 Å². The van der Waals surface area contributed by atoms with E-state index in [4.69, 9.17) is 10.6 Å². The van der Waals surface area contributed by atoms with E-state index in [0.717, 1.165) is 10.4 Å². The van der Waals surface area contributed by atoms with Gasteiger partial charge in [0.1, 0.15) is 12.4 Å². The number of hydrogen-bond donors (Lipinski definition) is 1. The van der Waals surface area contributed by atoms with Crippen LogP contribution in [0.3, 0.4) is 0 Å². The van der Waals surface area contributed by atoms with Gasteiger partial charge in [0.05, 0.1) is 10.4 Å². The van der Waals surface area contributed by atoms with Crippen molar-refractivity contribution in [3.8, 4) is 0 Å². The van der Waals surface area contributed by atoms with E-state index in [2.05, 4.69) is 10.1 Å². The van der Waals surface area contributed by atoms with Crippen LogP contribution < -0.4 is 5.73 Å². The van der Waals surface area contributed by atoms with E-state index in [9.17, 15) is 4.39 Å². The van der Waals surface area contributed by atoms with Crippen LogP contribution in [0.4, 0.5) is 4.39 Å². The number of nitrogens with two attached hydrogens (primary N) is 1. The summed E-state index contributed by atoms with van der Waals surface area (Å²) in [6, 6.07) is 10.2. The van der Waals surface area contributed by atoms with E-state index < -0.39 is 0 Å². The van der Waals surface area contributed by atoms with Crippen LogP contribution in [0.5, 0.6) is 0 Å². The molecule has 2 heterocycles. The first-order chi connectivity index (χ1) is 10.3. The highest BCUT2D eigenvalue weighted by Crippen LogP contribution is 2.20. The van der Waals surface area contributed by atoms with Crippen molar-refractivity contribution in [1.82, 2.24) is 4.98 Å². The van der Waals surface area contributed by atoms with Crippen LogP contribution >= 0.6 is 11.3 Å². The summed E-state index contributed by atoms with van der Waals surface area (Å²) in [6.07, 6.45) is 1.62. The van der Waals surface area contributed by atoms with Gasteiger partial charge in [0, 0.05) is 17.1 Å². The molecule has 0 aliphatic carbocycles. The lowest BCUT2D eigenvalue weighted by Crippen LogP contribution is -2.12. The number of thiophene rings is 1. The first kappa shape index (κ1) is 13.5. The second kappa shape index (κ2) is 5.88. The number of aromatic nitrogens is 1. The number of amidine groups is 1. The van der Waals surface area contributed by atoms with E-state index in [1.165, 1.54) is 17.4 Å². The van der Waals surface area contributed by atoms with Crippen LogP contribution in [0.15, 0.2) is 53.1 Å². The summed E-state index contributed by atoms with van der Waals surface area (Å²) >= 11 is 1.48. The largest absolute Gasteiger partial charge is 0.389 e. The normalized spacial score (nSPS) is 11.8. The smallest absolute Gasteiger partial charge is 0.180 e. The third-order valence-electron chi connectivity index (χ3n) is 2.96. The highest BCUT2D eigenvalue weighted by molar-refractivity contribution is 7.12. The molecule has 0 atom stereocenters. The van der Waals surface area contributed by atoms with Gasteiger partial charge in [0.25, 0.3) is 0 Å². The van der Waals surface area contributed by atoms with Gasteiger partial charge in [-0.25, -0.2) is 4.39 Å². The van der Waals surface area contributed by atoms with Crippen molar-refractivity contribution >= 4 is 28.1 Å². The lowest BCUT2D eigenvalue weighted by Gasteiger charge is -2.05. The first-order valence-corrected chi connectivity index (χ1v) is 7.15. The summed E-state index contributed by atoms with van der Waals surface area (Å²) in [5.41, 5.74) is 7.13. The van der Waals surface area contributed by atoms with Crippen molar-refractivity contribution in [3.63, 3.8) is 0 Å². The Bertz CT molecular complexity index is 787. The Hall–Kier alpha value is -2.47. The van der Waals surface area contributed by atoms with Gasteiger partial charge >= 0.3 is 0 Å². The zero-order valence-corrected chi connectivity index (χ0v) is 11.8. The fourth-order valence-corrected chi connectivity index (χ4v) is 2.57. The summed E-state index contributed by atoms with van der Waals surface area (Å²) in [4.78, 5) is 10.3. The number of nitrogens with zero attached hydrogens (tertiary/aromatic N) is 2. The third-order valence-corrected chi connectivity index (χ3v) is 3.85. The molecule has 6 heteroatoms. The Morgan fingerprint density at radius 3 is 3.00 bits per heavy atom. The van der Waals surface area contributed by atoms with E-state index in [-0.39, 0.29) is 12.4 Å². The van der Waals surface area contributed by atoms with Crippen molar-refractivity contribution in [1.29, 1.82) is 0 Å². The van der Waals surface area contributed by atoms with Crippen LogP contribution in [0.1, 0.15) is 10.4 Å². The Balaban J connectivity index is 1.80. The van der Waals surface area contributed by atoms with Gasteiger partial charge in [-0.05, 0) is 29.6 Å². The minimum absolute atomic E-state index is 0.180. The van der Waals surface area contributed by atoms with Gasteiger partial charge in [0.2, 0.25) is 0 Å². The molecule has 3 rings (SSSR count). The zero-order valence-electron chi connectivity index (χ0n) is 11.0. The molecule has 21 heavy (non-hydrogen) atoms. The maximum Gasteiger partial charge on any atom is 0.180 e. The first-order valence-electron chi connectivity index (χ1n) is 6.27. The average Bonchev–Trinajstić information content (AvgIpc) is 3.04. The number of halogens is 1. The molecule has 0 saturated carbocycles. The standard InChI is InChI=1S/C15H12FN3OS/c16-12-6-5-10(14-11(12)3-1-7-18-14)9-20-19-15(17)13-4-2-8-21-13/h1-8H,9H2,(H2,17,19). The Labute approximate surface area is 124 Å². The van der Waals surface area contributed by atoms with Crippen LogP contribution in [-0.4, -0.2) is 10.8 Å². The van der Waals surface area contributed by atoms with Gasteiger partial charge in [0.15, 0.2) is 5.84 Å². The fourth-order valence-electron chi connectivity index (χ4n) is 1.95. The molecule has 2 aromatic heterocycles. The van der Waals surface area contributed by atoms with Crippen molar-refractivity contribution in [2.45, 2.75) is 6.61 Å². The summed E-state index contributed by atoms with van der Waals surface area (Å²) in [6.45, 7) is 0.180. The number of oxime groups is 1. The van der Waals surface area contributed by atoms with Gasteiger partial charge < -0.3 is 10.6 Å². The van der Waals surface area contributed by atoms with Crippen molar-refractivity contribution < 1.29 is 9.23 Å². The number of hydrogen-bond acceptors (Lipinski definition) is 4. The van der Waals surface area contributed by atoms with Gasteiger partial charge in [-0.3, -0.25) is 4.98 Å². The molecular weight excluding hydrogens is 289 g/mol. The molecule has 0 aliphatic rings. The second-order valence-corrected chi connectivity index (χ2v) is 5.28. The zero-order chi connectivity index (χ0) is 14.7. The van der Waals surface area contributed by atoms with E-state index >= 15 is 0 Å². The molecule has 0 unspecified atom stereocenters. The Morgan fingerprint density at radius 1 is 1.29 bits per heavy atom. The molecule has 3 aromatic rings. The van der Waals surface area contributed by atoms with Crippen LogP contribution in [0.25, 0.3) is 10.9 Å². The van der Waals surface area contributed by atoms with Crippen LogP contribution in [0.2, 0.25) is 0 Å². The number of rotatable bonds is 4. The molecule has 2 N–H and O–H groups in total. The highest BCUT2D eigenvalue weighted by Gasteiger charge is 2.07. The van der Waals surface area contributed by atoms with Crippen LogP contribution in [-0.2, 0) is 11.4 Å². The minimum Gasteiger partial charge on any atom is -0.389 e. The fraction of sp³-hybridized carbons (Fsp3) is 0.0667. The van der Waals surface area contributed by atoms with E-state index in [0.29, 0.717) is 16.7 Å². The molecule has 0 saturated heterocycles. The summed E-state index contributed by atoms with van der Waals surface area (Å²) in [5.74, 6) is 0.0211. The van der Waals surface area contributed by atoms with E-state index in [1.54, 1.807) is 24.4 Å². The van der Waals surface area contributed by atoms with Crippen molar-refractivity contribution in [2.75, 3.05) is 0 Å². The summed E-state index contributed by atoms with van der Waals surface area (Å²) in [7, 11) is 0. The Kier molecular flexibility index (Phi) is 3.79. The number of benzene rings is 1. The van der Waals surface area contributed by atoms with E-state index in [1.807, 2.05) is 17.5 Å². The van der Waals surface area contributed by atoms with Gasteiger partial charge in [-0.1, -0.05) is 17.3 Å². The molecule has 0 aliphatic heterocycles. The van der Waals surface area contributed by atoms with Gasteiger partial charge in [-0.2, -0.15) is 0 Å². The topological polar surface area (TPSA) is 60.5 Å². The maximum atomic E-state index is 13.7. The average molecular weight is 301 g/mol. The molecular formula is C15H12FN3OS. The molecule has 4 nitrogen and oxygen atoms in total. The number of pyridine rings is 1. The SMILES string of the molecule is N/C(=N\OCc1ccc(F)c2cccnc12)c1cccs1. The maximum absolute atomic E-state index is 13.7. The minimum atomic E-state index is -0.302. The highest BCUT2D eigenvalue weighted by atomic mass is 32.1. The predicted octanol–water partition coefficient (Wildman–Crippen LogP) is 3.27. The Morgan fingerprint density at radius 2 is 2.19 bits per heavy atom. The molecule has 0 spiro atoms. The van der Waals surface area contributed by atoms with Crippen molar-refractivity contribution in [2.24, 2.45) is 10.9 Å². The lowest BCUT2D eigenvalue weighted by molar-refractivity contribution is 0.131. The number of fused-ring (bicyclic) bond motifs is 1. The molecule has 0 bridgehead atoms.